The summed E-state index contributed by atoms with van der Waals surface area (Å²) in [5, 5.41) is 8.96. The minimum absolute atomic E-state index is 0.215. The molecule has 5 rings (SSSR count). The van der Waals surface area contributed by atoms with Crippen molar-refractivity contribution in [1.29, 1.82) is 0 Å². The minimum atomic E-state index is 0.215. The predicted octanol–water partition coefficient (Wildman–Crippen LogP) is 1.70. The summed E-state index contributed by atoms with van der Waals surface area (Å²) in [6, 6.07) is 4.45. The van der Waals surface area contributed by atoms with Gasteiger partial charge in [-0.05, 0) is 38.1 Å². The molecule has 2 fully saturated rings. The van der Waals surface area contributed by atoms with Gasteiger partial charge in [-0.3, -0.25) is 14.6 Å². The van der Waals surface area contributed by atoms with Crippen LogP contribution in [0.5, 0.6) is 0 Å². The number of anilines is 1. The fraction of sp³-hybridized carbons (Fsp3) is 0.474. The molecule has 0 spiro atoms. The van der Waals surface area contributed by atoms with Crippen molar-refractivity contribution in [2.45, 2.75) is 24.9 Å². The first-order valence-electron chi connectivity index (χ1n) is 9.48. The number of hydrogen-bond acceptors (Lipinski definition) is 7. The summed E-state index contributed by atoms with van der Waals surface area (Å²) < 4.78 is 7.60. The minimum Gasteiger partial charge on any atom is -0.378 e. The van der Waals surface area contributed by atoms with E-state index in [4.69, 9.17) is 14.7 Å². The molecule has 140 valence electrons. The molecule has 2 atom stereocenters. The Morgan fingerprint density at radius 2 is 1.93 bits per heavy atom. The maximum atomic E-state index is 5.81. The Morgan fingerprint density at radius 1 is 1.11 bits per heavy atom. The van der Waals surface area contributed by atoms with Crippen molar-refractivity contribution in [2.75, 3.05) is 31.6 Å². The Balaban J connectivity index is 1.52. The third-order valence-corrected chi connectivity index (χ3v) is 5.51. The molecule has 0 amide bonds. The van der Waals surface area contributed by atoms with Crippen molar-refractivity contribution < 1.29 is 4.74 Å². The zero-order valence-electron chi connectivity index (χ0n) is 15.4. The molecular weight excluding hydrogens is 342 g/mol. The highest BCUT2D eigenvalue weighted by Gasteiger charge is 2.35. The SMILES string of the molecule is Cn1ncc2c(N[C@@H]3COC[C@H]3N3CCCC3)nc(-c3ccncc3)nc21. The highest BCUT2D eigenvalue weighted by Crippen LogP contribution is 2.27. The van der Waals surface area contributed by atoms with Gasteiger partial charge in [-0.25, -0.2) is 9.97 Å². The van der Waals surface area contributed by atoms with Crippen molar-refractivity contribution in [3.8, 4) is 11.4 Å². The number of hydrogen-bond donors (Lipinski definition) is 1. The van der Waals surface area contributed by atoms with E-state index in [9.17, 15) is 0 Å². The second-order valence-electron chi connectivity index (χ2n) is 7.24. The number of nitrogens with zero attached hydrogens (tertiary/aromatic N) is 6. The van der Waals surface area contributed by atoms with Gasteiger partial charge in [-0.1, -0.05) is 0 Å². The van der Waals surface area contributed by atoms with E-state index in [0.717, 1.165) is 42.1 Å². The van der Waals surface area contributed by atoms with E-state index < -0.39 is 0 Å². The van der Waals surface area contributed by atoms with Crippen LogP contribution in [-0.2, 0) is 11.8 Å². The average molecular weight is 365 g/mol. The molecule has 0 unspecified atom stereocenters. The van der Waals surface area contributed by atoms with Gasteiger partial charge in [-0.15, -0.1) is 0 Å². The van der Waals surface area contributed by atoms with Gasteiger partial charge in [0.05, 0.1) is 36.9 Å². The molecule has 0 radical (unpaired) electrons. The number of rotatable bonds is 4. The Kier molecular flexibility index (Phi) is 4.21. The number of likely N-dealkylation sites (tertiary alicyclic amines) is 1. The highest BCUT2D eigenvalue weighted by molar-refractivity contribution is 5.88. The maximum Gasteiger partial charge on any atom is 0.164 e. The monoisotopic (exact) mass is 365 g/mol. The summed E-state index contributed by atoms with van der Waals surface area (Å²) in [6.45, 7) is 3.77. The van der Waals surface area contributed by atoms with E-state index in [1.165, 1.54) is 12.8 Å². The van der Waals surface area contributed by atoms with Crippen LogP contribution in [0, 0.1) is 0 Å². The summed E-state index contributed by atoms with van der Waals surface area (Å²) in [4.78, 5) is 16.2. The van der Waals surface area contributed by atoms with Crippen LogP contribution in [0.15, 0.2) is 30.7 Å². The summed E-state index contributed by atoms with van der Waals surface area (Å²) >= 11 is 0. The summed E-state index contributed by atoms with van der Waals surface area (Å²) in [7, 11) is 1.90. The first kappa shape index (κ1) is 16.6. The number of ether oxygens (including phenoxy) is 1. The van der Waals surface area contributed by atoms with Crippen LogP contribution < -0.4 is 5.32 Å². The predicted molar refractivity (Wildman–Crippen MR) is 102 cm³/mol. The maximum absolute atomic E-state index is 5.81. The standard InChI is InChI=1S/C19H23N7O/c1-25-19-14(10-21-25)18(23-17(24-19)13-4-6-20-7-5-13)22-15-11-27-12-16(15)26-8-2-3-9-26/h4-7,10,15-16H,2-3,8-9,11-12H2,1H3,(H,22,23,24)/t15-,16-/m1/s1. The number of pyridine rings is 1. The third kappa shape index (κ3) is 3.04. The lowest BCUT2D eigenvalue weighted by Crippen LogP contribution is -2.45. The molecule has 0 bridgehead atoms. The van der Waals surface area contributed by atoms with Crippen LogP contribution in [0.4, 0.5) is 5.82 Å². The number of aromatic nitrogens is 5. The number of nitrogens with one attached hydrogen (secondary N) is 1. The Morgan fingerprint density at radius 3 is 2.74 bits per heavy atom. The fourth-order valence-electron chi connectivity index (χ4n) is 4.05. The molecule has 8 nitrogen and oxygen atoms in total. The van der Waals surface area contributed by atoms with Crippen molar-refractivity contribution in [3.05, 3.63) is 30.7 Å². The van der Waals surface area contributed by atoms with Gasteiger partial charge in [0.2, 0.25) is 0 Å². The van der Waals surface area contributed by atoms with Crippen LogP contribution >= 0.6 is 0 Å². The smallest absolute Gasteiger partial charge is 0.164 e. The average Bonchev–Trinajstić information content (AvgIpc) is 3.44. The van der Waals surface area contributed by atoms with Crippen LogP contribution in [0.1, 0.15) is 12.8 Å². The van der Waals surface area contributed by atoms with Crippen molar-refractivity contribution in [3.63, 3.8) is 0 Å². The normalized spacial score (nSPS) is 23.3. The van der Waals surface area contributed by atoms with Crippen LogP contribution in [0.25, 0.3) is 22.4 Å². The molecule has 2 aliphatic rings. The van der Waals surface area contributed by atoms with E-state index in [2.05, 4.69) is 20.3 Å². The second kappa shape index (κ2) is 6.86. The van der Waals surface area contributed by atoms with Gasteiger partial charge < -0.3 is 10.1 Å². The zero-order chi connectivity index (χ0) is 18.2. The molecule has 0 saturated carbocycles. The van der Waals surface area contributed by atoms with Gasteiger partial charge in [0.15, 0.2) is 11.5 Å². The van der Waals surface area contributed by atoms with E-state index in [0.29, 0.717) is 18.5 Å². The lowest BCUT2D eigenvalue weighted by molar-refractivity contribution is 0.159. The van der Waals surface area contributed by atoms with Gasteiger partial charge in [0.1, 0.15) is 5.82 Å². The van der Waals surface area contributed by atoms with E-state index >= 15 is 0 Å². The fourth-order valence-corrected chi connectivity index (χ4v) is 4.05. The van der Waals surface area contributed by atoms with E-state index in [-0.39, 0.29) is 6.04 Å². The van der Waals surface area contributed by atoms with Crippen molar-refractivity contribution >= 4 is 16.9 Å². The topological polar surface area (TPSA) is 81.0 Å². The third-order valence-electron chi connectivity index (χ3n) is 5.51. The highest BCUT2D eigenvalue weighted by atomic mass is 16.5. The van der Waals surface area contributed by atoms with Gasteiger partial charge in [0.25, 0.3) is 0 Å². The molecule has 0 aromatic carbocycles. The van der Waals surface area contributed by atoms with Gasteiger partial charge >= 0.3 is 0 Å². The Bertz CT molecular complexity index is 936. The van der Waals surface area contributed by atoms with E-state index in [1.54, 1.807) is 17.1 Å². The lowest BCUT2D eigenvalue weighted by Gasteiger charge is -2.28. The van der Waals surface area contributed by atoms with Crippen LogP contribution in [0.3, 0.4) is 0 Å². The number of aryl methyl sites for hydroxylation is 1. The first-order valence-corrected chi connectivity index (χ1v) is 9.48. The Labute approximate surface area is 157 Å². The van der Waals surface area contributed by atoms with Crippen molar-refractivity contribution in [1.82, 2.24) is 29.6 Å². The quantitative estimate of drug-likeness (QED) is 0.754. The summed E-state index contributed by atoms with van der Waals surface area (Å²) in [5.41, 5.74) is 1.76. The largest absolute Gasteiger partial charge is 0.378 e. The molecule has 8 heteroatoms. The molecular formula is C19H23N7O. The summed E-state index contributed by atoms with van der Waals surface area (Å²) in [6.07, 6.45) is 7.89. The molecule has 27 heavy (non-hydrogen) atoms. The van der Waals surface area contributed by atoms with Gasteiger partial charge in [-0.2, -0.15) is 5.10 Å². The first-order chi connectivity index (χ1) is 13.3. The Hall–Kier alpha value is -2.58. The summed E-state index contributed by atoms with van der Waals surface area (Å²) in [5.74, 6) is 1.49. The molecule has 3 aromatic heterocycles. The van der Waals surface area contributed by atoms with E-state index in [1.807, 2.05) is 25.4 Å². The zero-order valence-corrected chi connectivity index (χ0v) is 15.4. The molecule has 5 heterocycles. The molecule has 3 aromatic rings. The van der Waals surface area contributed by atoms with Crippen molar-refractivity contribution in [2.24, 2.45) is 7.05 Å². The molecule has 2 aliphatic heterocycles. The molecule has 2 saturated heterocycles. The van der Waals surface area contributed by atoms with Crippen LogP contribution in [-0.4, -0.2) is 68.0 Å². The number of fused-ring (bicyclic) bond motifs is 1. The van der Waals surface area contributed by atoms with Gasteiger partial charge in [0, 0.05) is 25.0 Å². The molecule has 1 N–H and O–H groups in total. The van der Waals surface area contributed by atoms with Crippen LogP contribution in [0.2, 0.25) is 0 Å². The molecule has 0 aliphatic carbocycles. The lowest BCUT2D eigenvalue weighted by atomic mass is 10.1. The second-order valence-corrected chi connectivity index (χ2v) is 7.24.